The number of hydrogen-bond donors (Lipinski definition) is 1. The fourth-order valence-corrected chi connectivity index (χ4v) is 2.03. The van der Waals surface area contributed by atoms with Gasteiger partial charge in [-0.1, -0.05) is 37.6 Å². The van der Waals surface area contributed by atoms with Crippen molar-refractivity contribution in [2.45, 2.75) is 33.2 Å². The zero-order valence-electron chi connectivity index (χ0n) is 10.1. The molecule has 16 heavy (non-hydrogen) atoms. The largest absolute Gasteiger partial charge is 1.00 e. The molecule has 0 amide bonds. The Balaban J connectivity index is 0.00000225. The molecule has 0 aliphatic carbocycles. The van der Waals surface area contributed by atoms with Gasteiger partial charge in [0, 0.05) is 10.6 Å². The van der Waals surface area contributed by atoms with Crippen molar-refractivity contribution in [1.29, 1.82) is 0 Å². The highest BCUT2D eigenvalue weighted by atomic mass is 127. The molecule has 1 aromatic carbocycles. The number of benzene rings is 1. The summed E-state index contributed by atoms with van der Waals surface area (Å²) in [6.07, 6.45) is 2.51. The maximum absolute atomic E-state index is 5.86. The maximum atomic E-state index is 5.86. The molecule has 0 unspecified atom stereocenters. The van der Waals surface area contributed by atoms with Gasteiger partial charge < -0.3 is 28.9 Å². The van der Waals surface area contributed by atoms with E-state index in [1.165, 1.54) is 31.5 Å². The van der Waals surface area contributed by atoms with Crippen LogP contribution in [0.2, 0.25) is 5.02 Å². The van der Waals surface area contributed by atoms with Gasteiger partial charge in [0.1, 0.15) is 6.54 Å². The molecule has 1 rings (SSSR count). The molecular formula is C13H21ClIN. The third kappa shape index (κ3) is 6.06. The number of hydrogen-bond acceptors (Lipinski definition) is 0. The predicted octanol–water partition coefficient (Wildman–Crippen LogP) is -0.451. The van der Waals surface area contributed by atoms with E-state index < -0.39 is 0 Å². The summed E-state index contributed by atoms with van der Waals surface area (Å²) in [4.78, 5) is 1.67. The van der Waals surface area contributed by atoms with Crippen molar-refractivity contribution >= 4 is 11.6 Å². The van der Waals surface area contributed by atoms with Crippen LogP contribution in [0, 0.1) is 0 Å². The second-order valence-corrected chi connectivity index (χ2v) is 4.49. The van der Waals surface area contributed by atoms with Crippen LogP contribution in [0.5, 0.6) is 0 Å². The molecule has 0 bridgehead atoms. The molecule has 0 aliphatic heterocycles. The van der Waals surface area contributed by atoms with E-state index in [9.17, 15) is 0 Å². The molecule has 1 N–H and O–H groups in total. The van der Waals surface area contributed by atoms with Gasteiger partial charge in [-0.2, -0.15) is 0 Å². The van der Waals surface area contributed by atoms with Gasteiger partial charge in [0.2, 0.25) is 0 Å². The molecule has 0 heterocycles. The molecule has 1 nitrogen and oxygen atoms in total. The molecule has 0 spiro atoms. The summed E-state index contributed by atoms with van der Waals surface area (Å²) in [5.74, 6) is 0. The van der Waals surface area contributed by atoms with Crippen LogP contribution in [0.15, 0.2) is 24.3 Å². The van der Waals surface area contributed by atoms with Crippen molar-refractivity contribution in [2.75, 3.05) is 13.1 Å². The molecule has 0 saturated carbocycles. The molecule has 92 valence electrons. The van der Waals surface area contributed by atoms with Crippen LogP contribution in [0.4, 0.5) is 0 Å². The predicted molar refractivity (Wildman–Crippen MR) is 66.4 cm³/mol. The molecule has 0 fully saturated rings. The lowest BCUT2D eigenvalue weighted by Gasteiger charge is -2.18. The van der Waals surface area contributed by atoms with Crippen LogP contribution >= 0.6 is 11.6 Å². The summed E-state index contributed by atoms with van der Waals surface area (Å²) < 4.78 is 0. The van der Waals surface area contributed by atoms with Crippen LogP contribution in [0.1, 0.15) is 32.3 Å². The van der Waals surface area contributed by atoms with Crippen LogP contribution in [0.25, 0.3) is 0 Å². The Morgan fingerprint density at radius 1 is 1.00 bits per heavy atom. The summed E-state index contributed by atoms with van der Waals surface area (Å²) in [5.41, 5.74) is 1.39. The standard InChI is InChI=1S/C13H20ClN.HI/c1-3-9-15(10-4-2)11-12-5-7-13(14)8-6-12;/h5-8H,3-4,9-11H2,1-2H3;1H. The van der Waals surface area contributed by atoms with Gasteiger partial charge in [-0.15, -0.1) is 0 Å². The van der Waals surface area contributed by atoms with Crippen LogP contribution in [-0.4, -0.2) is 13.1 Å². The van der Waals surface area contributed by atoms with Gasteiger partial charge >= 0.3 is 0 Å². The van der Waals surface area contributed by atoms with E-state index in [1.54, 1.807) is 4.90 Å². The van der Waals surface area contributed by atoms with E-state index >= 15 is 0 Å². The lowest BCUT2D eigenvalue weighted by atomic mass is 10.2. The third-order valence-electron chi connectivity index (χ3n) is 2.57. The van der Waals surface area contributed by atoms with E-state index in [-0.39, 0.29) is 24.0 Å². The first kappa shape index (κ1) is 16.2. The zero-order valence-corrected chi connectivity index (χ0v) is 13.0. The Hall–Kier alpha value is 0.200. The monoisotopic (exact) mass is 353 g/mol. The lowest BCUT2D eigenvalue weighted by Crippen LogP contribution is -3.10. The van der Waals surface area contributed by atoms with Crippen LogP contribution < -0.4 is 28.9 Å². The lowest BCUT2D eigenvalue weighted by molar-refractivity contribution is -0.914. The number of nitrogens with one attached hydrogen (secondary N) is 1. The number of halogens is 2. The molecule has 0 aliphatic rings. The fourth-order valence-electron chi connectivity index (χ4n) is 1.90. The molecule has 3 heteroatoms. The zero-order chi connectivity index (χ0) is 11.1. The Kier molecular flexibility index (Phi) is 9.37. The average Bonchev–Trinajstić information content (AvgIpc) is 2.22. The first-order valence-electron chi connectivity index (χ1n) is 5.84. The second-order valence-electron chi connectivity index (χ2n) is 4.05. The fraction of sp³-hybridized carbons (Fsp3) is 0.538. The molecule has 0 saturated heterocycles. The van der Waals surface area contributed by atoms with Crippen molar-refractivity contribution in [3.05, 3.63) is 34.9 Å². The molecular weight excluding hydrogens is 333 g/mol. The highest BCUT2D eigenvalue weighted by Gasteiger charge is 2.06. The first-order valence-corrected chi connectivity index (χ1v) is 6.22. The van der Waals surface area contributed by atoms with Gasteiger partial charge in [-0.25, -0.2) is 0 Å². The minimum atomic E-state index is 0. The molecule has 0 radical (unpaired) electrons. The average molecular weight is 354 g/mol. The minimum absolute atomic E-state index is 0. The van der Waals surface area contributed by atoms with Gasteiger partial charge in [0.15, 0.2) is 0 Å². The Morgan fingerprint density at radius 3 is 1.94 bits per heavy atom. The molecule has 0 atom stereocenters. The third-order valence-corrected chi connectivity index (χ3v) is 2.83. The summed E-state index contributed by atoms with van der Waals surface area (Å²) >= 11 is 5.86. The maximum Gasteiger partial charge on any atom is 0.103 e. The van der Waals surface area contributed by atoms with Crippen molar-refractivity contribution in [3.63, 3.8) is 0 Å². The Labute approximate surface area is 121 Å². The van der Waals surface area contributed by atoms with E-state index in [4.69, 9.17) is 11.6 Å². The normalized spacial score (nSPS) is 10.2. The molecule has 0 aromatic heterocycles. The van der Waals surface area contributed by atoms with Crippen molar-refractivity contribution in [2.24, 2.45) is 0 Å². The van der Waals surface area contributed by atoms with E-state index in [1.807, 2.05) is 12.1 Å². The summed E-state index contributed by atoms with van der Waals surface area (Å²) in [7, 11) is 0. The van der Waals surface area contributed by atoms with Crippen molar-refractivity contribution in [3.8, 4) is 0 Å². The van der Waals surface area contributed by atoms with Gasteiger partial charge in [0.25, 0.3) is 0 Å². The summed E-state index contributed by atoms with van der Waals surface area (Å²) in [5, 5.41) is 0.825. The van der Waals surface area contributed by atoms with Crippen molar-refractivity contribution in [1.82, 2.24) is 0 Å². The van der Waals surface area contributed by atoms with Gasteiger partial charge in [-0.05, 0) is 25.0 Å². The van der Waals surface area contributed by atoms with Crippen molar-refractivity contribution < 1.29 is 28.9 Å². The number of rotatable bonds is 6. The highest BCUT2D eigenvalue weighted by molar-refractivity contribution is 6.30. The van der Waals surface area contributed by atoms with E-state index in [2.05, 4.69) is 26.0 Å². The first-order chi connectivity index (χ1) is 7.26. The SMILES string of the molecule is CCC[NH+](CCC)Cc1ccc(Cl)cc1.[I-]. The van der Waals surface area contributed by atoms with Crippen LogP contribution in [-0.2, 0) is 6.54 Å². The smallest absolute Gasteiger partial charge is 0.103 e. The summed E-state index contributed by atoms with van der Waals surface area (Å²) in [6.45, 7) is 8.14. The molecule has 1 aromatic rings. The Morgan fingerprint density at radius 2 is 1.50 bits per heavy atom. The second kappa shape index (κ2) is 9.25. The summed E-state index contributed by atoms with van der Waals surface area (Å²) in [6, 6.07) is 8.22. The number of quaternary nitrogens is 1. The van der Waals surface area contributed by atoms with Gasteiger partial charge in [-0.3, -0.25) is 0 Å². The van der Waals surface area contributed by atoms with Crippen LogP contribution in [0.3, 0.4) is 0 Å². The highest BCUT2D eigenvalue weighted by Crippen LogP contribution is 2.08. The Bertz CT molecular complexity index is 268. The van der Waals surface area contributed by atoms with Gasteiger partial charge in [0.05, 0.1) is 13.1 Å². The van der Waals surface area contributed by atoms with E-state index in [0.717, 1.165) is 11.6 Å². The topological polar surface area (TPSA) is 4.44 Å². The quantitative estimate of drug-likeness (QED) is 0.661. The minimum Gasteiger partial charge on any atom is -1.00 e. The van der Waals surface area contributed by atoms with E-state index in [0.29, 0.717) is 0 Å².